The molecule has 2 amide bonds. The SMILES string of the molecule is CCC1C(=O)NC(C(C)(C)C)C(=O)N1C1CCS(=O)CC1. The van der Waals surface area contributed by atoms with Crippen molar-refractivity contribution in [1.29, 1.82) is 0 Å². The maximum atomic E-state index is 12.9. The third-order valence-electron chi connectivity index (χ3n) is 4.43. The molecule has 2 heterocycles. The van der Waals surface area contributed by atoms with E-state index in [2.05, 4.69) is 5.32 Å². The second-order valence-corrected chi connectivity index (χ2v) is 8.75. The Morgan fingerprint density at radius 1 is 1.24 bits per heavy atom. The van der Waals surface area contributed by atoms with Gasteiger partial charge in [-0.3, -0.25) is 13.8 Å². The largest absolute Gasteiger partial charge is 0.342 e. The Kier molecular flexibility index (Phi) is 4.76. The molecule has 2 aliphatic heterocycles. The zero-order valence-electron chi connectivity index (χ0n) is 13.3. The summed E-state index contributed by atoms with van der Waals surface area (Å²) in [4.78, 5) is 27.1. The van der Waals surface area contributed by atoms with E-state index in [1.807, 2.05) is 27.7 Å². The van der Waals surface area contributed by atoms with Crippen molar-refractivity contribution in [2.45, 2.75) is 65.1 Å². The molecule has 2 rings (SSSR count). The zero-order chi connectivity index (χ0) is 15.8. The third-order valence-corrected chi connectivity index (χ3v) is 5.81. The fourth-order valence-corrected chi connectivity index (χ4v) is 4.47. The lowest BCUT2D eigenvalue weighted by Crippen LogP contribution is -2.68. The predicted octanol–water partition coefficient (Wildman–Crippen LogP) is 1.05. The Morgan fingerprint density at radius 2 is 1.81 bits per heavy atom. The predicted molar refractivity (Wildman–Crippen MR) is 83.2 cm³/mol. The van der Waals surface area contributed by atoms with Crippen LogP contribution in [-0.2, 0) is 20.4 Å². The van der Waals surface area contributed by atoms with Crippen LogP contribution in [-0.4, -0.2) is 50.6 Å². The summed E-state index contributed by atoms with van der Waals surface area (Å²) in [5.41, 5.74) is -0.304. The number of nitrogens with zero attached hydrogens (tertiary/aromatic N) is 1. The quantitative estimate of drug-likeness (QED) is 0.828. The molecule has 0 spiro atoms. The minimum atomic E-state index is -0.763. The third kappa shape index (κ3) is 3.30. The van der Waals surface area contributed by atoms with E-state index in [4.69, 9.17) is 0 Å². The van der Waals surface area contributed by atoms with E-state index in [0.717, 1.165) is 12.8 Å². The summed E-state index contributed by atoms with van der Waals surface area (Å²) < 4.78 is 11.5. The van der Waals surface area contributed by atoms with Gasteiger partial charge in [0.05, 0.1) is 0 Å². The standard InChI is InChI=1S/C15H26N2O3S/c1-5-11-13(18)16-12(15(2,3)4)14(19)17(11)10-6-8-21(20)9-7-10/h10-12H,5-9H2,1-4H3,(H,16,18). The molecule has 0 aromatic heterocycles. The molecule has 2 saturated heterocycles. The number of piperazine rings is 1. The first-order valence-electron chi connectivity index (χ1n) is 7.73. The van der Waals surface area contributed by atoms with Crippen molar-refractivity contribution in [3.05, 3.63) is 0 Å². The number of rotatable bonds is 2. The molecule has 120 valence electrons. The van der Waals surface area contributed by atoms with Crippen LogP contribution >= 0.6 is 0 Å². The van der Waals surface area contributed by atoms with Gasteiger partial charge in [0.15, 0.2) is 0 Å². The summed E-state index contributed by atoms with van der Waals surface area (Å²) in [5.74, 6) is 1.23. The second kappa shape index (κ2) is 6.07. The first-order chi connectivity index (χ1) is 9.75. The molecule has 0 aromatic rings. The van der Waals surface area contributed by atoms with E-state index in [1.165, 1.54) is 0 Å². The van der Waals surface area contributed by atoms with Crippen LogP contribution in [0.25, 0.3) is 0 Å². The van der Waals surface area contributed by atoms with E-state index < -0.39 is 16.8 Å². The van der Waals surface area contributed by atoms with Crippen LogP contribution in [0.2, 0.25) is 0 Å². The smallest absolute Gasteiger partial charge is 0.246 e. The van der Waals surface area contributed by atoms with Crippen molar-refractivity contribution in [3.8, 4) is 0 Å². The summed E-state index contributed by atoms with van der Waals surface area (Å²) in [6, 6.07) is -0.802. The van der Waals surface area contributed by atoms with Gasteiger partial charge >= 0.3 is 0 Å². The summed E-state index contributed by atoms with van der Waals surface area (Å²) in [7, 11) is -0.763. The molecule has 0 saturated carbocycles. The molecule has 1 N–H and O–H groups in total. The van der Waals surface area contributed by atoms with Crippen LogP contribution < -0.4 is 5.32 Å². The molecule has 0 radical (unpaired) electrons. The van der Waals surface area contributed by atoms with Gasteiger partial charge < -0.3 is 10.2 Å². The Bertz CT molecular complexity index is 448. The second-order valence-electron chi connectivity index (χ2n) is 7.06. The average Bonchev–Trinajstić information content (AvgIpc) is 2.40. The lowest BCUT2D eigenvalue weighted by atomic mass is 9.83. The summed E-state index contributed by atoms with van der Waals surface area (Å²) >= 11 is 0. The van der Waals surface area contributed by atoms with E-state index in [1.54, 1.807) is 4.90 Å². The molecule has 0 aliphatic carbocycles. The van der Waals surface area contributed by atoms with Crippen LogP contribution in [0.1, 0.15) is 47.0 Å². The first-order valence-corrected chi connectivity index (χ1v) is 9.22. The minimum absolute atomic E-state index is 0.0200. The van der Waals surface area contributed by atoms with E-state index in [0.29, 0.717) is 17.9 Å². The highest BCUT2D eigenvalue weighted by Crippen LogP contribution is 2.29. The highest BCUT2D eigenvalue weighted by Gasteiger charge is 2.47. The summed E-state index contributed by atoms with van der Waals surface area (Å²) in [6.45, 7) is 7.84. The van der Waals surface area contributed by atoms with Gasteiger partial charge in [-0.2, -0.15) is 0 Å². The van der Waals surface area contributed by atoms with Crippen LogP contribution in [0, 0.1) is 5.41 Å². The normalized spacial score (nSPS) is 34.8. The highest BCUT2D eigenvalue weighted by atomic mass is 32.2. The number of carbonyl (C=O) groups excluding carboxylic acids is 2. The monoisotopic (exact) mass is 314 g/mol. The summed E-state index contributed by atoms with van der Waals surface area (Å²) in [5, 5.41) is 2.89. The fraction of sp³-hybridized carbons (Fsp3) is 0.867. The number of amides is 2. The maximum Gasteiger partial charge on any atom is 0.246 e. The Labute approximate surface area is 129 Å². The lowest BCUT2D eigenvalue weighted by molar-refractivity contribution is -0.155. The van der Waals surface area contributed by atoms with Crippen molar-refractivity contribution >= 4 is 22.6 Å². The Morgan fingerprint density at radius 3 is 2.29 bits per heavy atom. The molecule has 0 aromatic carbocycles. The molecule has 5 nitrogen and oxygen atoms in total. The van der Waals surface area contributed by atoms with Crippen molar-refractivity contribution < 1.29 is 13.8 Å². The first kappa shape index (κ1) is 16.5. The number of nitrogens with one attached hydrogen (secondary N) is 1. The van der Waals surface area contributed by atoms with Gasteiger partial charge in [0, 0.05) is 28.3 Å². The molecule has 2 atom stereocenters. The van der Waals surface area contributed by atoms with Gasteiger partial charge in [-0.25, -0.2) is 0 Å². The van der Waals surface area contributed by atoms with Gasteiger partial charge in [0.2, 0.25) is 11.8 Å². The zero-order valence-corrected chi connectivity index (χ0v) is 14.2. The molecule has 0 bridgehead atoms. The summed E-state index contributed by atoms with van der Waals surface area (Å²) in [6.07, 6.45) is 2.09. The Hall–Kier alpha value is -0.910. The van der Waals surface area contributed by atoms with Crippen LogP contribution in [0.15, 0.2) is 0 Å². The van der Waals surface area contributed by atoms with Crippen LogP contribution in [0.3, 0.4) is 0 Å². The maximum absolute atomic E-state index is 12.9. The molecule has 2 fully saturated rings. The Balaban J connectivity index is 2.27. The van der Waals surface area contributed by atoms with Gasteiger partial charge in [-0.15, -0.1) is 0 Å². The van der Waals surface area contributed by atoms with Crippen molar-refractivity contribution in [2.75, 3.05) is 11.5 Å². The topological polar surface area (TPSA) is 66.5 Å². The molecular formula is C15H26N2O3S. The van der Waals surface area contributed by atoms with E-state index in [9.17, 15) is 13.8 Å². The highest BCUT2D eigenvalue weighted by molar-refractivity contribution is 7.85. The number of hydrogen-bond acceptors (Lipinski definition) is 3. The average molecular weight is 314 g/mol. The van der Waals surface area contributed by atoms with Crippen molar-refractivity contribution in [3.63, 3.8) is 0 Å². The molecule has 21 heavy (non-hydrogen) atoms. The van der Waals surface area contributed by atoms with Gasteiger partial charge in [0.1, 0.15) is 12.1 Å². The molecule has 2 unspecified atom stereocenters. The number of hydrogen-bond donors (Lipinski definition) is 1. The van der Waals surface area contributed by atoms with Gasteiger partial charge in [-0.1, -0.05) is 27.7 Å². The van der Waals surface area contributed by atoms with Gasteiger partial charge in [0.25, 0.3) is 0 Å². The minimum Gasteiger partial charge on any atom is -0.342 e. The molecule has 2 aliphatic rings. The number of carbonyl (C=O) groups is 2. The van der Waals surface area contributed by atoms with Gasteiger partial charge in [-0.05, 0) is 24.7 Å². The fourth-order valence-electron chi connectivity index (χ4n) is 3.19. The van der Waals surface area contributed by atoms with Crippen molar-refractivity contribution in [1.82, 2.24) is 10.2 Å². The van der Waals surface area contributed by atoms with E-state index >= 15 is 0 Å². The van der Waals surface area contributed by atoms with Crippen LogP contribution in [0.4, 0.5) is 0 Å². The molecular weight excluding hydrogens is 288 g/mol. The van der Waals surface area contributed by atoms with Crippen LogP contribution in [0.5, 0.6) is 0 Å². The van der Waals surface area contributed by atoms with E-state index in [-0.39, 0.29) is 29.3 Å². The lowest BCUT2D eigenvalue weighted by Gasteiger charge is -2.47. The molecule has 6 heteroatoms. The van der Waals surface area contributed by atoms with Crippen molar-refractivity contribution in [2.24, 2.45) is 5.41 Å².